The summed E-state index contributed by atoms with van der Waals surface area (Å²) >= 11 is 0. The molecule has 0 radical (unpaired) electrons. The van der Waals surface area contributed by atoms with Gasteiger partial charge in [-0.1, -0.05) is 37.3 Å². The lowest BCUT2D eigenvalue weighted by Crippen LogP contribution is -2.09. The van der Waals surface area contributed by atoms with Crippen LogP contribution in [0.2, 0.25) is 0 Å². The van der Waals surface area contributed by atoms with Crippen molar-refractivity contribution in [1.29, 1.82) is 0 Å². The molecule has 3 rings (SSSR count). The molecule has 0 unspecified atom stereocenters. The number of aromatic nitrogens is 2. The number of aryl methyl sites for hydroxylation is 1. The predicted molar refractivity (Wildman–Crippen MR) is 107 cm³/mol. The monoisotopic (exact) mass is 362 g/mol. The summed E-state index contributed by atoms with van der Waals surface area (Å²) in [5, 5.41) is 6.43. The molecule has 0 aliphatic carbocycles. The van der Waals surface area contributed by atoms with Crippen molar-refractivity contribution < 1.29 is 9.53 Å². The van der Waals surface area contributed by atoms with E-state index in [0.29, 0.717) is 29.6 Å². The molecule has 6 nitrogen and oxygen atoms in total. The van der Waals surface area contributed by atoms with E-state index in [0.717, 1.165) is 12.1 Å². The first-order chi connectivity index (χ1) is 13.2. The molecular weight excluding hydrogens is 340 g/mol. The van der Waals surface area contributed by atoms with Gasteiger partial charge in [0.25, 0.3) is 0 Å². The number of ether oxygens (including phenoxy) is 1. The van der Waals surface area contributed by atoms with Gasteiger partial charge in [0.15, 0.2) is 0 Å². The minimum absolute atomic E-state index is 0.319. The Bertz CT molecular complexity index is 927. The SMILES string of the molecule is CCOC(=O)c1ccccc1Nc1nccc(Nc2ccccc2CC)n1. The van der Waals surface area contributed by atoms with Gasteiger partial charge < -0.3 is 15.4 Å². The molecule has 0 fully saturated rings. The normalized spacial score (nSPS) is 10.3. The first-order valence-corrected chi connectivity index (χ1v) is 8.92. The van der Waals surface area contributed by atoms with Crippen LogP contribution in [0.5, 0.6) is 0 Å². The molecule has 2 aromatic carbocycles. The number of hydrogen-bond donors (Lipinski definition) is 2. The molecule has 0 spiro atoms. The average Bonchev–Trinajstić information content (AvgIpc) is 2.69. The number of rotatable bonds is 7. The van der Waals surface area contributed by atoms with Gasteiger partial charge in [-0.3, -0.25) is 0 Å². The fourth-order valence-electron chi connectivity index (χ4n) is 2.68. The first-order valence-electron chi connectivity index (χ1n) is 8.92. The van der Waals surface area contributed by atoms with Gasteiger partial charge in [-0.25, -0.2) is 9.78 Å². The minimum Gasteiger partial charge on any atom is -0.462 e. The van der Waals surface area contributed by atoms with Gasteiger partial charge in [-0.15, -0.1) is 0 Å². The molecule has 0 bridgehead atoms. The van der Waals surface area contributed by atoms with Crippen LogP contribution in [0.15, 0.2) is 60.8 Å². The van der Waals surface area contributed by atoms with E-state index in [2.05, 4.69) is 33.6 Å². The van der Waals surface area contributed by atoms with Crippen LogP contribution in [0, 0.1) is 0 Å². The summed E-state index contributed by atoms with van der Waals surface area (Å²) in [5.74, 6) is 0.680. The van der Waals surface area contributed by atoms with E-state index in [1.807, 2.05) is 24.3 Å². The molecule has 1 aromatic heterocycles. The van der Waals surface area contributed by atoms with E-state index in [4.69, 9.17) is 4.74 Å². The maximum absolute atomic E-state index is 12.1. The summed E-state index contributed by atoms with van der Waals surface area (Å²) in [7, 11) is 0. The molecule has 2 N–H and O–H groups in total. The van der Waals surface area contributed by atoms with Gasteiger partial charge in [0.1, 0.15) is 5.82 Å². The fourth-order valence-corrected chi connectivity index (χ4v) is 2.68. The van der Waals surface area contributed by atoms with E-state index in [9.17, 15) is 4.79 Å². The fraction of sp³-hybridized carbons (Fsp3) is 0.190. The van der Waals surface area contributed by atoms with E-state index >= 15 is 0 Å². The summed E-state index contributed by atoms with van der Waals surface area (Å²) in [6.07, 6.45) is 2.59. The molecule has 6 heteroatoms. The zero-order chi connectivity index (χ0) is 19.1. The number of benzene rings is 2. The third kappa shape index (κ3) is 4.61. The highest BCUT2D eigenvalue weighted by Crippen LogP contribution is 2.23. The first kappa shape index (κ1) is 18.4. The number of anilines is 4. The van der Waals surface area contributed by atoms with Crippen LogP contribution in [0.4, 0.5) is 23.1 Å². The van der Waals surface area contributed by atoms with Crippen LogP contribution in [0.3, 0.4) is 0 Å². The summed E-state index contributed by atoms with van der Waals surface area (Å²) in [5.41, 5.74) is 3.26. The number of nitrogens with one attached hydrogen (secondary N) is 2. The maximum atomic E-state index is 12.1. The molecule has 0 aliphatic rings. The van der Waals surface area contributed by atoms with Crippen LogP contribution in [0.25, 0.3) is 0 Å². The van der Waals surface area contributed by atoms with Crippen molar-refractivity contribution in [3.63, 3.8) is 0 Å². The third-order valence-electron chi connectivity index (χ3n) is 3.99. The number of para-hydroxylation sites is 2. The smallest absolute Gasteiger partial charge is 0.340 e. The number of carbonyl (C=O) groups is 1. The van der Waals surface area contributed by atoms with E-state index in [-0.39, 0.29) is 5.97 Å². The van der Waals surface area contributed by atoms with Crippen LogP contribution in [-0.2, 0) is 11.2 Å². The van der Waals surface area contributed by atoms with Crippen molar-refractivity contribution in [3.05, 3.63) is 71.9 Å². The molecule has 138 valence electrons. The molecule has 0 saturated heterocycles. The topological polar surface area (TPSA) is 76.1 Å². The Morgan fingerprint density at radius 2 is 1.70 bits per heavy atom. The van der Waals surface area contributed by atoms with Crippen LogP contribution in [-0.4, -0.2) is 22.5 Å². The highest BCUT2D eigenvalue weighted by molar-refractivity contribution is 5.96. The Labute approximate surface area is 158 Å². The molecular formula is C21H22N4O2. The van der Waals surface area contributed by atoms with Crippen molar-refractivity contribution in [2.45, 2.75) is 20.3 Å². The summed E-state index contributed by atoms with van der Waals surface area (Å²) in [6.45, 7) is 4.21. The second-order valence-corrected chi connectivity index (χ2v) is 5.79. The quantitative estimate of drug-likeness (QED) is 0.593. The predicted octanol–water partition coefficient (Wildman–Crippen LogP) is 4.70. The van der Waals surface area contributed by atoms with Crippen molar-refractivity contribution >= 4 is 29.1 Å². The Morgan fingerprint density at radius 1 is 0.963 bits per heavy atom. The van der Waals surface area contributed by atoms with E-state index < -0.39 is 0 Å². The molecule has 0 atom stereocenters. The van der Waals surface area contributed by atoms with Gasteiger partial charge in [-0.2, -0.15) is 4.98 Å². The summed E-state index contributed by atoms with van der Waals surface area (Å²) in [6, 6.07) is 17.0. The van der Waals surface area contributed by atoms with Gasteiger partial charge in [0.2, 0.25) is 5.95 Å². The van der Waals surface area contributed by atoms with Gasteiger partial charge in [-0.05, 0) is 43.2 Å². The number of carbonyl (C=O) groups excluding carboxylic acids is 1. The summed E-state index contributed by atoms with van der Waals surface area (Å²) < 4.78 is 5.10. The zero-order valence-electron chi connectivity index (χ0n) is 15.4. The lowest BCUT2D eigenvalue weighted by Gasteiger charge is -2.12. The van der Waals surface area contributed by atoms with Crippen molar-refractivity contribution in [2.75, 3.05) is 17.2 Å². The van der Waals surface area contributed by atoms with Crippen LogP contribution >= 0.6 is 0 Å². The number of hydrogen-bond acceptors (Lipinski definition) is 6. The second-order valence-electron chi connectivity index (χ2n) is 5.79. The molecule has 0 saturated carbocycles. The Kier molecular flexibility index (Phi) is 5.99. The summed E-state index contributed by atoms with van der Waals surface area (Å²) in [4.78, 5) is 20.9. The number of esters is 1. The number of nitrogens with zero attached hydrogens (tertiary/aromatic N) is 2. The minimum atomic E-state index is -0.383. The van der Waals surface area contributed by atoms with Gasteiger partial charge in [0, 0.05) is 11.9 Å². The second kappa shape index (κ2) is 8.80. The molecule has 27 heavy (non-hydrogen) atoms. The molecule has 0 aliphatic heterocycles. The highest BCUT2D eigenvalue weighted by atomic mass is 16.5. The Hall–Kier alpha value is -3.41. The van der Waals surface area contributed by atoms with Gasteiger partial charge >= 0.3 is 5.97 Å². The Balaban J connectivity index is 1.82. The Morgan fingerprint density at radius 3 is 2.48 bits per heavy atom. The lowest BCUT2D eigenvalue weighted by molar-refractivity contribution is 0.0527. The molecule has 0 amide bonds. The largest absolute Gasteiger partial charge is 0.462 e. The van der Waals surface area contributed by atoms with E-state index in [1.165, 1.54) is 5.56 Å². The highest BCUT2D eigenvalue weighted by Gasteiger charge is 2.13. The van der Waals surface area contributed by atoms with Crippen molar-refractivity contribution in [1.82, 2.24) is 9.97 Å². The van der Waals surface area contributed by atoms with Crippen LogP contribution in [0.1, 0.15) is 29.8 Å². The zero-order valence-corrected chi connectivity index (χ0v) is 15.4. The van der Waals surface area contributed by atoms with Gasteiger partial charge in [0.05, 0.1) is 17.9 Å². The van der Waals surface area contributed by atoms with E-state index in [1.54, 1.807) is 37.4 Å². The lowest BCUT2D eigenvalue weighted by atomic mass is 10.1. The molecule has 3 aromatic rings. The molecule has 1 heterocycles. The maximum Gasteiger partial charge on any atom is 0.340 e. The van der Waals surface area contributed by atoms with Crippen LogP contribution < -0.4 is 10.6 Å². The van der Waals surface area contributed by atoms with Crippen molar-refractivity contribution in [3.8, 4) is 0 Å². The average molecular weight is 362 g/mol. The standard InChI is InChI=1S/C21H22N4O2/c1-3-15-9-5-7-11-17(15)23-19-13-14-22-21(25-19)24-18-12-8-6-10-16(18)20(26)27-4-2/h5-14H,3-4H2,1-2H3,(H2,22,23,24,25). The third-order valence-corrected chi connectivity index (χ3v) is 3.99. The van der Waals surface area contributed by atoms with Crippen molar-refractivity contribution in [2.24, 2.45) is 0 Å².